The molecule has 0 aromatic heterocycles. The highest BCUT2D eigenvalue weighted by Crippen LogP contribution is 2.18. The van der Waals surface area contributed by atoms with E-state index in [9.17, 15) is 9.59 Å². The Morgan fingerprint density at radius 3 is 2.35 bits per heavy atom. The summed E-state index contributed by atoms with van der Waals surface area (Å²) in [7, 11) is 0. The maximum Gasteiger partial charge on any atom is 0.236 e. The number of benzene rings is 2. The van der Waals surface area contributed by atoms with Crippen molar-refractivity contribution in [3.63, 3.8) is 0 Å². The van der Waals surface area contributed by atoms with Crippen molar-refractivity contribution in [1.29, 1.82) is 0 Å². The first kappa shape index (κ1) is 15.3. The van der Waals surface area contributed by atoms with Crippen molar-refractivity contribution < 1.29 is 9.59 Å². The summed E-state index contributed by atoms with van der Waals surface area (Å²) in [6.45, 7) is 0.105. The molecule has 2 aromatic rings. The van der Waals surface area contributed by atoms with Crippen LogP contribution in [0.15, 0.2) is 65.8 Å². The fourth-order valence-electron chi connectivity index (χ4n) is 2.12. The Morgan fingerprint density at radius 2 is 1.74 bits per heavy atom. The molecule has 0 atom stereocenters. The van der Waals surface area contributed by atoms with Gasteiger partial charge in [-0.05, 0) is 12.1 Å². The van der Waals surface area contributed by atoms with Crippen molar-refractivity contribution in [1.82, 2.24) is 5.32 Å². The molecule has 1 heterocycles. The molecule has 0 unspecified atom stereocenters. The number of Topliss-reactive ketones (excluding diaryl/α,β-unsaturated/α-hetero) is 1. The minimum atomic E-state index is -0.0730. The zero-order valence-electron chi connectivity index (χ0n) is 12.3. The number of rotatable bonds is 5. The normalized spacial score (nSPS) is 15.5. The molecule has 0 aliphatic carbocycles. The monoisotopic (exact) mass is 325 g/mol. The molecule has 1 fully saturated rings. The number of carbonyl (C=O) groups is 2. The second-order valence-electron chi connectivity index (χ2n) is 4.92. The second kappa shape index (κ2) is 7.11. The van der Waals surface area contributed by atoms with E-state index in [0.29, 0.717) is 16.5 Å². The maximum atomic E-state index is 12.5. The van der Waals surface area contributed by atoms with Crippen molar-refractivity contribution in [2.75, 3.05) is 17.3 Å². The summed E-state index contributed by atoms with van der Waals surface area (Å²) < 4.78 is 0. The van der Waals surface area contributed by atoms with E-state index >= 15 is 0 Å². The zero-order valence-corrected chi connectivity index (χ0v) is 13.1. The zero-order chi connectivity index (χ0) is 16.1. The van der Waals surface area contributed by atoms with Crippen molar-refractivity contribution in [3.05, 3.63) is 66.2 Å². The summed E-state index contributed by atoms with van der Waals surface area (Å²) in [5.74, 6) is 0.248. The first-order valence-corrected chi connectivity index (χ1v) is 8.13. The van der Waals surface area contributed by atoms with Gasteiger partial charge in [0.15, 0.2) is 11.0 Å². The van der Waals surface area contributed by atoms with E-state index in [-0.39, 0.29) is 18.2 Å². The fourth-order valence-corrected chi connectivity index (χ4v) is 2.81. The molecule has 1 aliphatic rings. The van der Waals surface area contributed by atoms with Gasteiger partial charge in [-0.25, -0.2) is 0 Å². The SMILES string of the molecule is O=C1CSC(=NN(CC(=O)c2ccccc2)c2ccccc2)N1. The highest BCUT2D eigenvalue weighted by atomic mass is 32.2. The van der Waals surface area contributed by atoms with E-state index in [1.165, 1.54) is 11.8 Å². The lowest BCUT2D eigenvalue weighted by molar-refractivity contribution is -0.116. The molecule has 0 spiro atoms. The highest BCUT2D eigenvalue weighted by molar-refractivity contribution is 8.15. The van der Waals surface area contributed by atoms with Gasteiger partial charge in [0.1, 0.15) is 6.54 Å². The molecule has 1 aliphatic heterocycles. The van der Waals surface area contributed by atoms with Crippen LogP contribution in [0.4, 0.5) is 5.69 Å². The minimum absolute atomic E-state index is 0.0341. The van der Waals surface area contributed by atoms with Gasteiger partial charge in [0.2, 0.25) is 5.91 Å². The van der Waals surface area contributed by atoms with Crippen LogP contribution in [-0.4, -0.2) is 29.2 Å². The smallest absolute Gasteiger partial charge is 0.236 e. The lowest BCUT2D eigenvalue weighted by atomic mass is 10.1. The number of amides is 1. The molecule has 23 heavy (non-hydrogen) atoms. The number of ketones is 1. The average Bonchev–Trinajstić information content (AvgIpc) is 3.01. The number of para-hydroxylation sites is 1. The molecule has 2 aromatic carbocycles. The number of hydrazone groups is 1. The Bertz CT molecular complexity index is 732. The van der Waals surface area contributed by atoms with Crippen molar-refractivity contribution >= 4 is 34.3 Å². The van der Waals surface area contributed by atoms with E-state index in [0.717, 1.165) is 5.69 Å². The summed E-state index contributed by atoms with van der Waals surface area (Å²) in [6.07, 6.45) is 0. The van der Waals surface area contributed by atoms with Crippen LogP contribution in [0, 0.1) is 0 Å². The van der Waals surface area contributed by atoms with Crippen LogP contribution in [0.25, 0.3) is 0 Å². The number of hydrogen-bond donors (Lipinski definition) is 1. The van der Waals surface area contributed by atoms with Crippen LogP contribution in [0.5, 0.6) is 0 Å². The van der Waals surface area contributed by atoms with Gasteiger partial charge in [-0.3, -0.25) is 14.6 Å². The minimum Gasteiger partial charge on any atom is -0.303 e. The molecule has 1 saturated heterocycles. The third kappa shape index (κ3) is 3.98. The number of hydrogen-bond acceptors (Lipinski definition) is 5. The number of carbonyl (C=O) groups excluding carboxylic acids is 2. The van der Waals surface area contributed by atoms with Crippen molar-refractivity contribution in [3.8, 4) is 0 Å². The highest BCUT2D eigenvalue weighted by Gasteiger charge is 2.19. The van der Waals surface area contributed by atoms with Crippen molar-refractivity contribution in [2.45, 2.75) is 0 Å². The average molecular weight is 325 g/mol. The number of anilines is 1. The van der Waals surface area contributed by atoms with E-state index < -0.39 is 0 Å². The van der Waals surface area contributed by atoms with Gasteiger partial charge < -0.3 is 5.32 Å². The van der Waals surface area contributed by atoms with Crippen LogP contribution in [0.1, 0.15) is 10.4 Å². The van der Waals surface area contributed by atoms with E-state index in [1.54, 1.807) is 17.1 Å². The number of nitrogens with one attached hydrogen (secondary N) is 1. The van der Waals surface area contributed by atoms with Gasteiger partial charge >= 0.3 is 0 Å². The summed E-state index contributed by atoms with van der Waals surface area (Å²) in [4.78, 5) is 23.8. The van der Waals surface area contributed by atoms with Gasteiger partial charge in [0, 0.05) is 5.56 Å². The first-order chi connectivity index (χ1) is 11.2. The van der Waals surface area contributed by atoms with E-state index in [4.69, 9.17) is 0 Å². The third-order valence-corrected chi connectivity index (χ3v) is 4.10. The molecule has 5 nitrogen and oxygen atoms in total. The van der Waals surface area contributed by atoms with Crippen LogP contribution >= 0.6 is 11.8 Å². The first-order valence-electron chi connectivity index (χ1n) is 7.14. The number of amidine groups is 1. The molecular weight excluding hydrogens is 310 g/mol. The third-order valence-electron chi connectivity index (χ3n) is 3.24. The van der Waals surface area contributed by atoms with Crippen LogP contribution in [0.2, 0.25) is 0 Å². The Hall–Kier alpha value is -2.60. The Labute approximate surface area is 138 Å². The Morgan fingerprint density at radius 1 is 1.09 bits per heavy atom. The topological polar surface area (TPSA) is 61.8 Å². The quantitative estimate of drug-likeness (QED) is 0.678. The molecule has 116 valence electrons. The molecule has 1 amide bonds. The summed E-state index contributed by atoms with van der Waals surface area (Å²) in [5, 5.41) is 9.24. The van der Waals surface area contributed by atoms with Gasteiger partial charge in [-0.2, -0.15) is 0 Å². The van der Waals surface area contributed by atoms with Gasteiger partial charge in [0.25, 0.3) is 0 Å². The molecule has 1 N–H and O–H groups in total. The van der Waals surface area contributed by atoms with Crippen LogP contribution < -0.4 is 10.3 Å². The second-order valence-corrected chi connectivity index (χ2v) is 5.89. The van der Waals surface area contributed by atoms with Gasteiger partial charge in [-0.15, -0.1) is 5.10 Å². The summed E-state index contributed by atoms with van der Waals surface area (Å²) >= 11 is 1.33. The standard InChI is InChI=1S/C17H15N3O2S/c21-15(13-7-3-1-4-8-13)11-20(14-9-5-2-6-10-14)19-17-18-16(22)12-23-17/h1-10H,11-12H2,(H,18,19,22). The molecule has 0 saturated carbocycles. The largest absolute Gasteiger partial charge is 0.303 e. The summed E-state index contributed by atoms with van der Waals surface area (Å²) in [6, 6.07) is 18.5. The number of nitrogens with zero attached hydrogens (tertiary/aromatic N) is 2. The van der Waals surface area contributed by atoms with Crippen LogP contribution in [-0.2, 0) is 4.79 Å². The summed E-state index contributed by atoms with van der Waals surface area (Å²) in [5.41, 5.74) is 1.43. The fraction of sp³-hybridized carbons (Fsp3) is 0.118. The van der Waals surface area contributed by atoms with Gasteiger partial charge in [-0.1, -0.05) is 60.3 Å². The van der Waals surface area contributed by atoms with Gasteiger partial charge in [0.05, 0.1) is 11.4 Å². The molecule has 0 bridgehead atoms. The molecule has 0 radical (unpaired) electrons. The van der Waals surface area contributed by atoms with E-state index in [1.807, 2.05) is 48.5 Å². The molecule has 6 heteroatoms. The molecular formula is C17H15N3O2S. The van der Waals surface area contributed by atoms with Crippen molar-refractivity contribution in [2.24, 2.45) is 5.10 Å². The lowest BCUT2D eigenvalue weighted by Crippen LogP contribution is -2.29. The predicted molar refractivity (Wildman–Crippen MR) is 92.6 cm³/mol. The maximum absolute atomic E-state index is 12.5. The number of thioether (sulfide) groups is 1. The predicted octanol–water partition coefficient (Wildman–Crippen LogP) is 2.51. The Kier molecular flexibility index (Phi) is 4.73. The lowest BCUT2D eigenvalue weighted by Gasteiger charge is -2.19. The molecule has 3 rings (SSSR count). The Balaban J connectivity index is 1.84. The van der Waals surface area contributed by atoms with Crippen LogP contribution in [0.3, 0.4) is 0 Å². The van der Waals surface area contributed by atoms with E-state index in [2.05, 4.69) is 10.4 Å².